The van der Waals surface area contributed by atoms with Crippen LogP contribution in [-0.2, 0) is 11.3 Å². The maximum atomic E-state index is 13.3. The summed E-state index contributed by atoms with van der Waals surface area (Å²) in [5.41, 5.74) is 6.75. The first-order chi connectivity index (χ1) is 18.0. The summed E-state index contributed by atoms with van der Waals surface area (Å²) >= 11 is 0. The van der Waals surface area contributed by atoms with Gasteiger partial charge in [-0.3, -0.25) is 9.59 Å². The van der Waals surface area contributed by atoms with Crippen LogP contribution in [0.1, 0.15) is 27.0 Å². The predicted molar refractivity (Wildman–Crippen MR) is 150 cm³/mol. The van der Waals surface area contributed by atoms with Crippen molar-refractivity contribution in [3.63, 3.8) is 0 Å². The zero-order chi connectivity index (χ0) is 25.8. The van der Waals surface area contributed by atoms with Crippen LogP contribution in [0.4, 0.5) is 17.1 Å². The number of carbonyl (C=O) groups excluding carboxylic acids is 2. The van der Waals surface area contributed by atoms with Crippen LogP contribution in [-0.4, -0.2) is 25.9 Å². The average molecular weight is 489 g/mol. The van der Waals surface area contributed by atoms with Crippen molar-refractivity contribution in [2.45, 2.75) is 6.54 Å². The highest BCUT2D eigenvalue weighted by atomic mass is 16.2. The number of para-hydroxylation sites is 1. The number of amides is 2. The van der Waals surface area contributed by atoms with Crippen molar-refractivity contribution >= 4 is 40.1 Å². The highest BCUT2D eigenvalue weighted by Gasteiger charge is 2.30. The van der Waals surface area contributed by atoms with Crippen LogP contribution in [0.25, 0.3) is 11.3 Å². The van der Waals surface area contributed by atoms with Crippen LogP contribution < -0.4 is 20.9 Å². The quantitative estimate of drug-likeness (QED) is 0.296. The Hall–Kier alpha value is -4.68. The first-order valence-corrected chi connectivity index (χ1v) is 12.1. The van der Waals surface area contributed by atoms with E-state index < -0.39 is 0 Å². The molecule has 0 atom stereocenters. The van der Waals surface area contributed by atoms with E-state index in [1.165, 1.54) is 0 Å². The molecule has 4 aromatic rings. The fourth-order valence-corrected chi connectivity index (χ4v) is 4.45. The molecule has 4 aromatic carbocycles. The topological polar surface area (TPSA) is 73.5 Å². The van der Waals surface area contributed by atoms with Crippen molar-refractivity contribution in [2.75, 3.05) is 29.6 Å². The Balaban J connectivity index is 1.57. The number of nitrogens with zero attached hydrogens (tertiary/aromatic N) is 1. The van der Waals surface area contributed by atoms with Crippen LogP contribution >= 0.6 is 0 Å². The summed E-state index contributed by atoms with van der Waals surface area (Å²) in [6.07, 6.45) is 0. The van der Waals surface area contributed by atoms with Crippen molar-refractivity contribution in [1.29, 1.82) is 0 Å². The second-order valence-corrected chi connectivity index (χ2v) is 8.88. The van der Waals surface area contributed by atoms with E-state index >= 15 is 0 Å². The van der Waals surface area contributed by atoms with Gasteiger partial charge in [0.1, 0.15) is 0 Å². The predicted octanol–water partition coefficient (Wildman–Crippen LogP) is 5.62. The van der Waals surface area contributed by atoms with E-state index in [0.29, 0.717) is 28.1 Å². The van der Waals surface area contributed by atoms with Crippen molar-refractivity contribution in [3.05, 3.63) is 125 Å². The van der Waals surface area contributed by atoms with E-state index in [0.717, 1.165) is 29.0 Å². The van der Waals surface area contributed by atoms with Crippen LogP contribution in [0.5, 0.6) is 0 Å². The fourth-order valence-electron chi connectivity index (χ4n) is 4.45. The molecule has 184 valence electrons. The molecule has 0 fully saturated rings. The van der Waals surface area contributed by atoms with E-state index in [9.17, 15) is 9.59 Å². The lowest BCUT2D eigenvalue weighted by Gasteiger charge is -2.18. The highest BCUT2D eigenvalue weighted by Crippen LogP contribution is 2.38. The lowest BCUT2D eigenvalue weighted by molar-refractivity contribution is -0.110. The van der Waals surface area contributed by atoms with Crippen LogP contribution in [0.3, 0.4) is 0 Å². The van der Waals surface area contributed by atoms with Gasteiger partial charge >= 0.3 is 0 Å². The zero-order valence-corrected chi connectivity index (χ0v) is 20.8. The summed E-state index contributed by atoms with van der Waals surface area (Å²) in [4.78, 5) is 28.2. The van der Waals surface area contributed by atoms with Gasteiger partial charge in [0, 0.05) is 41.8 Å². The van der Waals surface area contributed by atoms with E-state index in [-0.39, 0.29) is 11.8 Å². The van der Waals surface area contributed by atoms with Crippen molar-refractivity contribution in [3.8, 4) is 0 Å². The molecule has 2 amide bonds. The van der Waals surface area contributed by atoms with Gasteiger partial charge < -0.3 is 20.9 Å². The number of hydrogen-bond donors (Lipinski definition) is 3. The largest absolute Gasteiger partial charge is 0.354 e. The summed E-state index contributed by atoms with van der Waals surface area (Å²) in [6, 6.07) is 32.7. The summed E-state index contributed by atoms with van der Waals surface area (Å²) in [5.74, 6) is -0.365. The van der Waals surface area contributed by atoms with Crippen molar-refractivity contribution < 1.29 is 9.59 Å². The summed E-state index contributed by atoms with van der Waals surface area (Å²) in [5, 5.41) is 9.60. The third kappa shape index (κ3) is 5.01. The van der Waals surface area contributed by atoms with E-state index in [4.69, 9.17) is 0 Å². The number of benzene rings is 4. The molecule has 0 aliphatic carbocycles. The van der Waals surface area contributed by atoms with Gasteiger partial charge in [-0.15, -0.1) is 0 Å². The molecule has 1 aliphatic heterocycles. The third-order valence-electron chi connectivity index (χ3n) is 6.38. The summed E-state index contributed by atoms with van der Waals surface area (Å²) in [6.45, 7) is 0.775. The van der Waals surface area contributed by atoms with Gasteiger partial charge in [-0.25, -0.2) is 0 Å². The van der Waals surface area contributed by atoms with Crippen LogP contribution in [0, 0.1) is 0 Å². The number of hydrogen-bond acceptors (Lipinski definition) is 4. The molecule has 0 aromatic heterocycles. The van der Waals surface area contributed by atoms with Crippen molar-refractivity contribution in [2.24, 2.45) is 0 Å². The molecular formula is C31H28N4O2. The first-order valence-electron chi connectivity index (χ1n) is 12.1. The Morgan fingerprint density at radius 1 is 0.838 bits per heavy atom. The third-order valence-corrected chi connectivity index (χ3v) is 6.38. The van der Waals surface area contributed by atoms with Gasteiger partial charge in [-0.05, 0) is 60.6 Å². The van der Waals surface area contributed by atoms with Crippen LogP contribution in [0.2, 0.25) is 0 Å². The van der Waals surface area contributed by atoms with Gasteiger partial charge in [-0.2, -0.15) is 0 Å². The van der Waals surface area contributed by atoms with Gasteiger partial charge in [0.05, 0.1) is 11.3 Å². The molecule has 6 nitrogen and oxygen atoms in total. The van der Waals surface area contributed by atoms with Gasteiger partial charge in [0.2, 0.25) is 0 Å². The fraction of sp³-hybridized carbons (Fsp3) is 0.0968. The molecule has 1 aliphatic rings. The molecule has 0 saturated carbocycles. The van der Waals surface area contributed by atoms with Gasteiger partial charge in [0.25, 0.3) is 11.8 Å². The second-order valence-electron chi connectivity index (χ2n) is 8.88. The molecule has 6 heteroatoms. The first kappa shape index (κ1) is 24.0. The number of carbonyl (C=O) groups is 2. The average Bonchev–Trinajstić information content (AvgIpc) is 3.27. The smallest absolute Gasteiger partial charge is 0.258 e. The molecular weight excluding hydrogens is 460 g/mol. The minimum atomic E-state index is -0.214. The number of rotatable bonds is 7. The SMILES string of the molecule is CNCc1ccc(N/C(=C2\C(=O)Nc3ccc(C(=O)N(C)c4ccccc4)cc32)c2ccccc2)cc1. The van der Waals surface area contributed by atoms with E-state index in [2.05, 4.69) is 16.0 Å². The zero-order valence-electron chi connectivity index (χ0n) is 20.8. The van der Waals surface area contributed by atoms with E-state index in [1.807, 2.05) is 92.0 Å². The Kier molecular flexibility index (Phi) is 6.83. The molecule has 5 rings (SSSR count). The van der Waals surface area contributed by atoms with Gasteiger partial charge in [-0.1, -0.05) is 60.7 Å². The maximum Gasteiger partial charge on any atom is 0.258 e. The molecule has 0 bridgehead atoms. The Bertz CT molecular complexity index is 1460. The number of anilines is 3. The van der Waals surface area contributed by atoms with Crippen molar-refractivity contribution in [1.82, 2.24) is 5.32 Å². The van der Waals surface area contributed by atoms with Crippen LogP contribution in [0.15, 0.2) is 103 Å². The van der Waals surface area contributed by atoms with E-state index in [1.54, 1.807) is 30.1 Å². The highest BCUT2D eigenvalue weighted by molar-refractivity contribution is 6.37. The Morgan fingerprint density at radius 2 is 1.51 bits per heavy atom. The number of nitrogens with one attached hydrogen (secondary N) is 3. The molecule has 0 radical (unpaired) electrons. The lowest BCUT2D eigenvalue weighted by atomic mass is 9.98. The summed E-state index contributed by atoms with van der Waals surface area (Å²) < 4.78 is 0. The molecule has 1 heterocycles. The minimum Gasteiger partial charge on any atom is -0.354 e. The monoisotopic (exact) mass is 488 g/mol. The van der Waals surface area contributed by atoms with Gasteiger partial charge in [0.15, 0.2) is 0 Å². The molecule has 0 saturated heterocycles. The normalized spacial score (nSPS) is 13.5. The molecule has 37 heavy (non-hydrogen) atoms. The Labute approximate surface area is 216 Å². The number of fused-ring (bicyclic) bond motifs is 1. The molecule has 0 unspecified atom stereocenters. The Morgan fingerprint density at radius 3 is 2.19 bits per heavy atom. The molecule has 0 spiro atoms. The molecule has 3 N–H and O–H groups in total. The summed E-state index contributed by atoms with van der Waals surface area (Å²) in [7, 11) is 3.66. The minimum absolute atomic E-state index is 0.151. The lowest BCUT2D eigenvalue weighted by Crippen LogP contribution is -2.26. The standard InChI is InChI=1S/C31H28N4O2/c1-32-20-21-13-16-24(17-14-21)33-29(22-9-5-3-6-10-22)28-26-19-23(15-18-27(26)34-30(28)36)31(37)35(2)25-11-7-4-8-12-25/h3-19,32-33H,20H2,1-2H3,(H,34,36)/b29-28-. The maximum absolute atomic E-state index is 13.3. The second kappa shape index (κ2) is 10.5.